The number of carbonyl (C=O) groups excluding carboxylic acids is 1. The van der Waals surface area contributed by atoms with E-state index in [-0.39, 0.29) is 11.8 Å². The Morgan fingerprint density at radius 2 is 2.07 bits per heavy atom. The van der Waals surface area contributed by atoms with Gasteiger partial charge in [0, 0.05) is 6.54 Å². The van der Waals surface area contributed by atoms with Crippen molar-refractivity contribution >= 4 is 5.91 Å². The van der Waals surface area contributed by atoms with Gasteiger partial charge in [0.15, 0.2) is 0 Å². The van der Waals surface area contributed by atoms with Crippen molar-refractivity contribution in [1.29, 1.82) is 0 Å². The molecule has 1 aliphatic rings. The minimum Gasteiger partial charge on any atom is -0.319 e. The van der Waals surface area contributed by atoms with Crippen LogP contribution < -0.4 is 0 Å². The molecule has 1 saturated heterocycles. The van der Waals surface area contributed by atoms with Crippen LogP contribution in [-0.4, -0.2) is 17.4 Å². The SMILES string of the molecule is C=CN1CCC(c2ccccc2)C1=O. The van der Waals surface area contributed by atoms with Crippen LogP contribution in [0.2, 0.25) is 0 Å². The molecule has 14 heavy (non-hydrogen) atoms. The van der Waals surface area contributed by atoms with Gasteiger partial charge < -0.3 is 4.90 Å². The third-order valence-electron chi connectivity index (χ3n) is 2.66. The number of amides is 1. The first-order valence-electron chi connectivity index (χ1n) is 4.81. The van der Waals surface area contributed by atoms with E-state index in [1.54, 1.807) is 11.1 Å². The highest BCUT2D eigenvalue weighted by Gasteiger charge is 2.30. The van der Waals surface area contributed by atoms with Gasteiger partial charge in [-0.05, 0) is 18.2 Å². The van der Waals surface area contributed by atoms with Crippen molar-refractivity contribution < 1.29 is 4.79 Å². The number of hydrogen-bond acceptors (Lipinski definition) is 1. The van der Waals surface area contributed by atoms with E-state index in [4.69, 9.17) is 0 Å². The third-order valence-corrected chi connectivity index (χ3v) is 2.66. The number of benzene rings is 1. The largest absolute Gasteiger partial charge is 0.319 e. The van der Waals surface area contributed by atoms with Crippen molar-refractivity contribution in [2.24, 2.45) is 0 Å². The molecular formula is C12H13NO. The molecule has 1 unspecified atom stereocenters. The molecule has 1 heterocycles. The van der Waals surface area contributed by atoms with Gasteiger partial charge in [-0.25, -0.2) is 0 Å². The first-order valence-corrected chi connectivity index (χ1v) is 4.81. The van der Waals surface area contributed by atoms with Crippen LogP contribution in [0.1, 0.15) is 17.9 Å². The Labute approximate surface area is 83.8 Å². The normalized spacial score (nSPS) is 21.3. The highest BCUT2D eigenvalue weighted by atomic mass is 16.2. The molecule has 1 aromatic rings. The lowest BCUT2D eigenvalue weighted by Gasteiger charge is -2.10. The molecule has 1 aromatic carbocycles. The summed E-state index contributed by atoms with van der Waals surface area (Å²) in [7, 11) is 0. The molecule has 72 valence electrons. The maximum atomic E-state index is 11.8. The van der Waals surface area contributed by atoms with Gasteiger partial charge in [-0.15, -0.1) is 0 Å². The molecule has 0 N–H and O–H groups in total. The Bertz CT molecular complexity index is 345. The summed E-state index contributed by atoms with van der Waals surface area (Å²) in [5.41, 5.74) is 1.11. The zero-order valence-electron chi connectivity index (χ0n) is 8.02. The minimum atomic E-state index is 0.0363. The number of rotatable bonds is 2. The van der Waals surface area contributed by atoms with Crippen molar-refractivity contribution in [3.8, 4) is 0 Å². The Morgan fingerprint density at radius 3 is 2.64 bits per heavy atom. The number of carbonyl (C=O) groups is 1. The van der Waals surface area contributed by atoms with Gasteiger partial charge in [0.2, 0.25) is 5.91 Å². The Morgan fingerprint density at radius 1 is 1.36 bits per heavy atom. The summed E-state index contributed by atoms with van der Waals surface area (Å²) in [4.78, 5) is 13.5. The Kier molecular flexibility index (Phi) is 2.35. The summed E-state index contributed by atoms with van der Waals surface area (Å²) in [6, 6.07) is 9.93. The molecule has 0 aliphatic carbocycles. The van der Waals surface area contributed by atoms with E-state index in [0.29, 0.717) is 0 Å². The van der Waals surface area contributed by atoms with E-state index in [9.17, 15) is 4.79 Å². The van der Waals surface area contributed by atoms with Crippen molar-refractivity contribution in [2.75, 3.05) is 6.54 Å². The molecule has 0 spiro atoms. The predicted octanol–water partition coefficient (Wildman–Crippen LogP) is 2.15. The lowest BCUT2D eigenvalue weighted by Crippen LogP contribution is -2.20. The minimum absolute atomic E-state index is 0.0363. The van der Waals surface area contributed by atoms with Gasteiger partial charge in [0.05, 0.1) is 5.92 Å². The summed E-state index contributed by atoms with van der Waals surface area (Å²) < 4.78 is 0. The van der Waals surface area contributed by atoms with Crippen LogP contribution in [0.3, 0.4) is 0 Å². The number of likely N-dealkylation sites (tertiary alicyclic amines) is 1. The Hall–Kier alpha value is -1.57. The summed E-state index contributed by atoms with van der Waals surface area (Å²) >= 11 is 0. The van der Waals surface area contributed by atoms with E-state index in [1.807, 2.05) is 30.3 Å². The molecule has 1 amide bonds. The van der Waals surface area contributed by atoms with Crippen molar-refractivity contribution in [3.05, 3.63) is 48.7 Å². The maximum Gasteiger partial charge on any atom is 0.234 e. The second-order valence-electron chi connectivity index (χ2n) is 3.47. The fourth-order valence-electron chi connectivity index (χ4n) is 1.88. The van der Waals surface area contributed by atoms with Crippen LogP contribution in [0.4, 0.5) is 0 Å². The number of nitrogens with zero attached hydrogens (tertiary/aromatic N) is 1. The lowest BCUT2D eigenvalue weighted by atomic mass is 9.98. The van der Waals surface area contributed by atoms with E-state index >= 15 is 0 Å². The number of hydrogen-bond donors (Lipinski definition) is 0. The topological polar surface area (TPSA) is 20.3 Å². The van der Waals surface area contributed by atoms with Crippen molar-refractivity contribution in [3.63, 3.8) is 0 Å². The molecule has 0 saturated carbocycles. The van der Waals surface area contributed by atoms with Gasteiger partial charge in [-0.2, -0.15) is 0 Å². The molecule has 2 rings (SSSR count). The van der Waals surface area contributed by atoms with Crippen molar-refractivity contribution in [2.45, 2.75) is 12.3 Å². The smallest absolute Gasteiger partial charge is 0.234 e. The molecule has 1 atom stereocenters. The molecule has 2 heteroatoms. The van der Waals surface area contributed by atoms with Crippen LogP contribution >= 0.6 is 0 Å². The first-order chi connectivity index (χ1) is 6.83. The van der Waals surface area contributed by atoms with Gasteiger partial charge in [-0.3, -0.25) is 4.79 Å². The van der Waals surface area contributed by atoms with Crippen LogP contribution in [0.25, 0.3) is 0 Å². The average Bonchev–Trinajstić information content (AvgIpc) is 2.61. The van der Waals surface area contributed by atoms with Crippen LogP contribution in [0, 0.1) is 0 Å². The zero-order chi connectivity index (χ0) is 9.97. The quantitative estimate of drug-likeness (QED) is 0.694. The van der Waals surface area contributed by atoms with Gasteiger partial charge in [0.1, 0.15) is 0 Å². The van der Waals surface area contributed by atoms with Gasteiger partial charge >= 0.3 is 0 Å². The van der Waals surface area contributed by atoms with Gasteiger partial charge in [0.25, 0.3) is 0 Å². The van der Waals surface area contributed by atoms with E-state index in [2.05, 4.69) is 6.58 Å². The molecule has 0 radical (unpaired) electrons. The molecule has 0 aromatic heterocycles. The van der Waals surface area contributed by atoms with Crippen LogP contribution in [0.15, 0.2) is 43.1 Å². The van der Waals surface area contributed by atoms with Crippen LogP contribution in [0.5, 0.6) is 0 Å². The fourth-order valence-corrected chi connectivity index (χ4v) is 1.88. The molecule has 1 fully saturated rings. The lowest BCUT2D eigenvalue weighted by molar-refractivity contribution is -0.126. The third kappa shape index (κ3) is 1.43. The summed E-state index contributed by atoms with van der Waals surface area (Å²) in [5, 5.41) is 0. The van der Waals surface area contributed by atoms with Gasteiger partial charge in [-0.1, -0.05) is 36.9 Å². The van der Waals surface area contributed by atoms with E-state index in [0.717, 1.165) is 18.5 Å². The second kappa shape index (κ2) is 3.66. The van der Waals surface area contributed by atoms with E-state index < -0.39 is 0 Å². The molecule has 1 aliphatic heterocycles. The predicted molar refractivity (Wildman–Crippen MR) is 55.7 cm³/mol. The monoisotopic (exact) mass is 187 g/mol. The highest BCUT2D eigenvalue weighted by Crippen LogP contribution is 2.28. The van der Waals surface area contributed by atoms with Crippen LogP contribution in [-0.2, 0) is 4.79 Å². The second-order valence-corrected chi connectivity index (χ2v) is 3.47. The molecule has 0 bridgehead atoms. The summed E-state index contributed by atoms with van der Waals surface area (Å²) in [5.74, 6) is 0.209. The Balaban J connectivity index is 2.22. The molecular weight excluding hydrogens is 174 g/mol. The van der Waals surface area contributed by atoms with E-state index in [1.165, 1.54) is 0 Å². The molecule has 2 nitrogen and oxygen atoms in total. The average molecular weight is 187 g/mol. The standard InChI is InChI=1S/C12H13NO/c1-2-13-9-8-11(12(13)14)10-6-4-3-5-7-10/h2-7,11H,1,8-9H2. The fraction of sp³-hybridized carbons (Fsp3) is 0.250. The highest BCUT2D eigenvalue weighted by molar-refractivity contribution is 5.86. The first kappa shape index (κ1) is 9.00. The summed E-state index contributed by atoms with van der Waals surface area (Å²) in [6.07, 6.45) is 2.51. The zero-order valence-corrected chi connectivity index (χ0v) is 8.02. The summed E-state index contributed by atoms with van der Waals surface area (Å²) in [6.45, 7) is 4.42. The van der Waals surface area contributed by atoms with Crippen molar-refractivity contribution in [1.82, 2.24) is 4.90 Å². The maximum absolute atomic E-state index is 11.8.